The summed E-state index contributed by atoms with van der Waals surface area (Å²) in [5.74, 6) is 0.669. The molecule has 0 spiro atoms. The van der Waals surface area contributed by atoms with Gasteiger partial charge < -0.3 is 5.73 Å². The van der Waals surface area contributed by atoms with Crippen molar-refractivity contribution in [1.29, 1.82) is 0 Å². The number of rotatable bonds is 5. The fourth-order valence-corrected chi connectivity index (χ4v) is 3.45. The normalized spacial score (nSPS) is 13.7. The van der Waals surface area contributed by atoms with Crippen LogP contribution in [0.1, 0.15) is 18.5 Å². The Morgan fingerprint density at radius 3 is 2.81 bits per heavy atom. The maximum Gasteiger partial charge on any atom is 0.148 e. The Kier molecular flexibility index (Phi) is 4.76. The first kappa shape index (κ1) is 13.5. The quantitative estimate of drug-likeness (QED) is 0.806. The molecule has 0 aliphatic heterocycles. The van der Waals surface area contributed by atoms with Crippen molar-refractivity contribution in [2.75, 3.05) is 17.8 Å². The molecule has 0 aliphatic rings. The number of nitrogens with two attached hydrogens (primary N) is 1. The predicted octanol–water partition coefficient (Wildman–Crippen LogP) is 1.24. The topological polar surface area (TPSA) is 73.0 Å². The van der Waals surface area contributed by atoms with Gasteiger partial charge in [0.15, 0.2) is 0 Å². The van der Waals surface area contributed by atoms with Crippen LogP contribution >= 0.6 is 11.8 Å². The molecule has 1 heterocycles. The molecule has 1 aromatic heterocycles. The first-order valence-corrected chi connectivity index (χ1v) is 7.96. The van der Waals surface area contributed by atoms with Crippen LogP contribution in [-0.2, 0) is 9.84 Å². The Labute approximate surface area is 101 Å². The Morgan fingerprint density at radius 2 is 2.25 bits per heavy atom. The van der Waals surface area contributed by atoms with Crippen LogP contribution in [0.5, 0.6) is 0 Å². The monoisotopic (exact) mass is 260 g/mol. The van der Waals surface area contributed by atoms with Crippen molar-refractivity contribution in [3.8, 4) is 0 Å². The fraction of sp³-hybridized carbons (Fsp3) is 0.500. The molecule has 0 saturated carbocycles. The molecule has 0 aromatic carbocycles. The van der Waals surface area contributed by atoms with Crippen LogP contribution in [0.15, 0.2) is 23.4 Å². The van der Waals surface area contributed by atoms with Gasteiger partial charge in [-0.3, -0.25) is 0 Å². The molecule has 16 heavy (non-hydrogen) atoms. The summed E-state index contributed by atoms with van der Waals surface area (Å²) in [6.07, 6.45) is 2.92. The second-order valence-electron chi connectivity index (χ2n) is 3.66. The standard InChI is InChI=1S/C10H16N2O2S2/c1-8(11)9-4-3-5-12-10(9)15-6-7-16(2,13)14/h3-5,8H,6-7,11H2,1-2H3/t8-/m0/s1. The SMILES string of the molecule is C[C@H](N)c1cccnc1SCCS(C)(=O)=O. The molecule has 4 nitrogen and oxygen atoms in total. The first-order chi connectivity index (χ1) is 7.40. The maximum absolute atomic E-state index is 11.0. The van der Waals surface area contributed by atoms with Crippen LogP contribution in [0.4, 0.5) is 0 Å². The third-order valence-electron chi connectivity index (χ3n) is 1.98. The number of nitrogens with zero attached hydrogens (tertiary/aromatic N) is 1. The minimum Gasteiger partial charge on any atom is -0.324 e. The van der Waals surface area contributed by atoms with E-state index in [2.05, 4.69) is 4.98 Å². The van der Waals surface area contributed by atoms with E-state index >= 15 is 0 Å². The zero-order chi connectivity index (χ0) is 12.2. The summed E-state index contributed by atoms with van der Waals surface area (Å²) in [6.45, 7) is 1.89. The largest absolute Gasteiger partial charge is 0.324 e. The zero-order valence-corrected chi connectivity index (χ0v) is 11.0. The van der Waals surface area contributed by atoms with Gasteiger partial charge >= 0.3 is 0 Å². The highest BCUT2D eigenvalue weighted by molar-refractivity contribution is 8.00. The van der Waals surface area contributed by atoms with Gasteiger partial charge in [0.05, 0.1) is 5.75 Å². The van der Waals surface area contributed by atoms with Crippen molar-refractivity contribution in [1.82, 2.24) is 4.98 Å². The molecule has 0 unspecified atom stereocenters. The van der Waals surface area contributed by atoms with Crippen LogP contribution in [0.3, 0.4) is 0 Å². The van der Waals surface area contributed by atoms with E-state index in [1.165, 1.54) is 18.0 Å². The Balaban J connectivity index is 2.67. The Hall–Kier alpha value is -0.590. The molecular weight excluding hydrogens is 244 g/mol. The van der Waals surface area contributed by atoms with E-state index in [1.807, 2.05) is 19.1 Å². The van der Waals surface area contributed by atoms with E-state index in [0.717, 1.165) is 10.6 Å². The van der Waals surface area contributed by atoms with Gasteiger partial charge in [-0.25, -0.2) is 13.4 Å². The van der Waals surface area contributed by atoms with E-state index in [9.17, 15) is 8.42 Å². The zero-order valence-electron chi connectivity index (χ0n) is 9.38. The van der Waals surface area contributed by atoms with Crippen molar-refractivity contribution in [3.63, 3.8) is 0 Å². The van der Waals surface area contributed by atoms with Crippen LogP contribution in [0.25, 0.3) is 0 Å². The third kappa shape index (κ3) is 4.51. The highest BCUT2D eigenvalue weighted by Crippen LogP contribution is 2.23. The van der Waals surface area contributed by atoms with Crippen LogP contribution < -0.4 is 5.73 Å². The average Bonchev–Trinajstić information content (AvgIpc) is 2.16. The van der Waals surface area contributed by atoms with Crippen molar-refractivity contribution >= 4 is 21.6 Å². The molecule has 1 rings (SSSR count). The number of pyridine rings is 1. The number of hydrogen-bond donors (Lipinski definition) is 1. The molecule has 0 saturated heterocycles. The van der Waals surface area contributed by atoms with Crippen molar-refractivity contribution in [2.24, 2.45) is 5.73 Å². The van der Waals surface area contributed by atoms with Gasteiger partial charge in [0, 0.05) is 29.8 Å². The summed E-state index contributed by atoms with van der Waals surface area (Å²) in [7, 11) is -2.91. The highest BCUT2D eigenvalue weighted by atomic mass is 32.2. The van der Waals surface area contributed by atoms with Gasteiger partial charge in [-0.2, -0.15) is 0 Å². The molecule has 0 bridgehead atoms. The van der Waals surface area contributed by atoms with Gasteiger partial charge in [0.2, 0.25) is 0 Å². The lowest BCUT2D eigenvalue weighted by atomic mass is 10.2. The molecule has 2 N–H and O–H groups in total. The van der Waals surface area contributed by atoms with Crippen LogP contribution in [0, 0.1) is 0 Å². The highest BCUT2D eigenvalue weighted by Gasteiger charge is 2.09. The number of sulfone groups is 1. The minimum absolute atomic E-state index is 0.0885. The molecule has 1 atom stereocenters. The smallest absolute Gasteiger partial charge is 0.148 e. The molecule has 1 aromatic rings. The van der Waals surface area contributed by atoms with E-state index in [0.29, 0.717) is 5.75 Å². The molecular formula is C10H16N2O2S2. The molecule has 6 heteroatoms. The van der Waals surface area contributed by atoms with Crippen molar-refractivity contribution in [3.05, 3.63) is 23.9 Å². The molecule has 0 amide bonds. The molecule has 0 radical (unpaired) electrons. The molecule has 0 aliphatic carbocycles. The Morgan fingerprint density at radius 1 is 1.56 bits per heavy atom. The summed E-state index contributed by atoms with van der Waals surface area (Å²) < 4.78 is 22.0. The second-order valence-corrected chi connectivity index (χ2v) is 7.01. The van der Waals surface area contributed by atoms with Gasteiger partial charge in [-0.1, -0.05) is 6.07 Å². The Bertz CT molecular complexity index is 444. The van der Waals surface area contributed by atoms with E-state index in [1.54, 1.807) is 6.20 Å². The fourth-order valence-electron chi connectivity index (χ4n) is 1.16. The maximum atomic E-state index is 11.0. The van der Waals surface area contributed by atoms with E-state index in [4.69, 9.17) is 5.73 Å². The lowest BCUT2D eigenvalue weighted by Crippen LogP contribution is -2.09. The predicted molar refractivity (Wildman–Crippen MR) is 67.3 cm³/mol. The molecule has 0 fully saturated rings. The summed E-state index contributed by atoms with van der Waals surface area (Å²) >= 11 is 1.43. The summed E-state index contributed by atoms with van der Waals surface area (Å²) in [5, 5.41) is 0.821. The lowest BCUT2D eigenvalue weighted by molar-refractivity contribution is 0.603. The average molecular weight is 260 g/mol. The van der Waals surface area contributed by atoms with Gasteiger partial charge in [0.25, 0.3) is 0 Å². The van der Waals surface area contributed by atoms with Gasteiger partial charge in [0.1, 0.15) is 14.9 Å². The number of aromatic nitrogens is 1. The van der Waals surface area contributed by atoms with Gasteiger partial charge in [-0.15, -0.1) is 11.8 Å². The lowest BCUT2D eigenvalue weighted by Gasteiger charge is -2.10. The number of thioether (sulfide) groups is 1. The van der Waals surface area contributed by atoms with Crippen LogP contribution in [-0.4, -0.2) is 31.2 Å². The van der Waals surface area contributed by atoms with Crippen molar-refractivity contribution < 1.29 is 8.42 Å². The number of hydrogen-bond acceptors (Lipinski definition) is 5. The minimum atomic E-state index is -2.91. The summed E-state index contributed by atoms with van der Waals surface area (Å²) in [6, 6.07) is 3.66. The van der Waals surface area contributed by atoms with E-state index in [-0.39, 0.29) is 11.8 Å². The summed E-state index contributed by atoms with van der Waals surface area (Å²) in [4.78, 5) is 4.21. The molecule has 90 valence electrons. The second kappa shape index (κ2) is 5.65. The van der Waals surface area contributed by atoms with Crippen molar-refractivity contribution in [2.45, 2.75) is 18.0 Å². The van der Waals surface area contributed by atoms with Crippen LogP contribution in [0.2, 0.25) is 0 Å². The first-order valence-electron chi connectivity index (χ1n) is 4.91. The third-order valence-corrected chi connectivity index (χ3v) is 4.21. The van der Waals surface area contributed by atoms with Gasteiger partial charge in [-0.05, 0) is 13.0 Å². The summed E-state index contributed by atoms with van der Waals surface area (Å²) in [5.41, 5.74) is 6.76. The van der Waals surface area contributed by atoms with E-state index < -0.39 is 9.84 Å².